The molecule has 5 rings (SSSR count). The summed E-state index contributed by atoms with van der Waals surface area (Å²) in [5, 5.41) is 8.41. The first-order chi connectivity index (χ1) is 20.0. The fraction of sp³-hybridized carbons (Fsp3) is 0.324. The molecule has 2 heterocycles. The molecule has 2 aromatic carbocycles. The van der Waals surface area contributed by atoms with Crippen molar-refractivity contribution in [3.63, 3.8) is 0 Å². The SMILES string of the molecule is CC(=O)c1ccc(CNC(=O)C2=C(CCCOc3cc(C)c(Cl)c(C)c3)c3cccc(-c4c(C)nn(C)c4C)c3C2)o1. The summed E-state index contributed by atoms with van der Waals surface area (Å²) in [7, 11) is 1.95. The zero-order chi connectivity index (χ0) is 30.1. The number of allylic oxidation sites excluding steroid dienone is 1. The Labute approximate surface area is 251 Å². The normalized spacial score (nSPS) is 12.5. The van der Waals surface area contributed by atoms with Gasteiger partial charge in [0.25, 0.3) is 0 Å². The second-order valence-electron chi connectivity index (χ2n) is 11.0. The molecule has 1 amide bonds. The molecule has 0 fully saturated rings. The topological polar surface area (TPSA) is 86.4 Å². The summed E-state index contributed by atoms with van der Waals surface area (Å²) in [5.74, 6) is 1.32. The summed E-state index contributed by atoms with van der Waals surface area (Å²) in [6.45, 7) is 10.2. The van der Waals surface area contributed by atoms with Crippen molar-refractivity contribution in [3.8, 4) is 16.9 Å². The number of ketones is 1. The zero-order valence-corrected chi connectivity index (χ0v) is 25.7. The maximum atomic E-state index is 13.6. The Morgan fingerprint density at radius 2 is 1.79 bits per heavy atom. The highest BCUT2D eigenvalue weighted by Crippen LogP contribution is 2.42. The average molecular weight is 586 g/mol. The number of Topliss-reactive ketones (excluding diaryl/α,β-unsaturated/α-hetero) is 1. The van der Waals surface area contributed by atoms with E-state index in [1.807, 2.05) is 44.6 Å². The van der Waals surface area contributed by atoms with Crippen LogP contribution in [0, 0.1) is 27.7 Å². The number of amides is 1. The number of furan rings is 1. The van der Waals surface area contributed by atoms with Gasteiger partial charge in [0.15, 0.2) is 11.5 Å². The zero-order valence-electron chi connectivity index (χ0n) is 25.0. The highest BCUT2D eigenvalue weighted by Gasteiger charge is 2.29. The highest BCUT2D eigenvalue weighted by atomic mass is 35.5. The van der Waals surface area contributed by atoms with E-state index in [9.17, 15) is 9.59 Å². The Hall–Kier alpha value is -4.10. The number of fused-ring (bicyclic) bond motifs is 1. The van der Waals surface area contributed by atoms with E-state index in [2.05, 4.69) is 35.5 Å². The van der Waals surface area contributed by atoms with E-state index in [-0.39, 0.29) is 24.0 Å². The van der Waals surface area contributed by atoms with Crippen molar-refractivity contribution in [1.29, 1.82) is 0 Å². The molecule has 218 valence electrons. The van der Waals surface area contributed by atoms with Crippen molar-refractivity contribution in [3.05, 3.63) is 98.2 Å². The van der Waals surface area contributed by atoms with Crippen molar-refractivity contribution >= 4 is 28.9 Å². The highest BCUT2D eigenvalue weighted by molar-refractivity contribution is 6.32. The van der Waals surface area contributed by atoms with Crippen molar-refractivity contribution < 1.29 is 18.7 Å². The first-order valence-corrected chi connectivity index (χ1v) is 14.5. The average Bonchev–Trinajstić information content (AvgIpc) is 3.64. The molecule has 0 atom stereocenters. The molecule has 0 aliphatic heterocycles. The van der Waals surface area contributed by atoms with Gasteiger partial charge in [-0.2, -0.15) is 5.10 Å². The van der Waals surface area contributed by atoms with Gasteiger partial charge in [-0.15, -0.1) is 0 Å². The predicted molar refractivity (Wildman–Crippen MR) is 165 cm³/mol. The number of halogens is 1. The second kappa shape index (κ2) is 12.0. The smallest absolute Gasteiger partial charge is 0.248 e. The molecular weight excluding hydrogens is 550 g/mol. The monoisotopic (exact) mass is 585 g/mol. The first-order valence-electron chi connectivity index (χ1n) is 14.2. The van der Waals surface area contributed by atoms with Gasteiger partial charge < -0.3 is 14.5 Å². The molecule has 7 nitrogen and oxygen atoms in total. The number of hydrogen-bond donors (Lipinski definition) is 1. The third-order valence-corrected chi connectivity index (χ3v) is 8.55. The van der Waals surface area contributed by atoms with E-state index in [0.717, 1.165) is 73.1 Å². The van der Waals surface area contributed by atoms with E-state index in [4.69, 9.17) is 20.8 Å². The van der Waals surface area contributed by atoms with Crippen LogP contribution in [0.5, 0.6) is 5.75 Å². The molecule has 0 saturated carbocycles. The Balaban J connectivity index is 1.40. The quantitative estimate of drug-likeness (QED) is 0.156. The van der Waals surface area contributed by atoms with Crippen molar-refractivity contribution in [2.45, 2.75) is 60.4 Å². The van der Waals surface area contributed by atoms with Crippen molar-refractivity contribution in [2.75, 3.05) is 6.61 Å². The van der Waals surface area contributed by atoms with Gasteiger partial charge in [-0.05, 0) is 98.2 Å². The van der Waals surface area contributed by atoms with Crippen molar-refractivity contribution in [2.24, 2.45) is 7.05 Å². The lowest BCUT2D eigenvalue weighted by Gasteiger charge is -2.13. The molecule has 1 N–H and O–H groups in total. The number of aromatic nitrogens is 2. The molecule has 0 spiro atoms. The molecule has 42 heavy (non-hydrogen) atoms. The van der Waals surface area contributed by atoms with Crippen LogP contribution < -0.4 is 10.1 Å². The largest absolute Gasteiger partial charge is 0.494 e. The van der Waals surface area contributed by atoms with Gasteiger partial charge in [0.05, 0.1) is 18.8 Å². The van der Waals surface area contributed by atoms with Crippen LogP contribution in [0.25, 0.3) is 16.7 Å². The van der Waals surface area contributed by atoms with E-state index in [0.29, 0.717) is 25.2 Å². The second-order valence-corrected chi connectivity index (χ2v) is 11.3. The fourth-order valence-electron chi connectivity index (χ4n) is 5.77. The van der Waals surface area contributed by atoms with Gasteiger partial charge in [0.2, 0.25) is 5.91 Å². The number of hydrogen-bond acceptors (Lipinski definition) is 5. The summed E-state index contributed by atoms with van der Waals surface area (Å²) >= 11 is 6.32. The number of ether oxygens (including phenoxy) is 1. The number of nitrogens with one attached hydrogen (secondary N) is 1. The van der Waals surface area contributed by atoms with E-state index in [1.54, 1.807) is 12.1 Å². The summed E-state index contributed by atoms with van der Waals surface area (Å²) in [6, 6.07) is 13.5. The number of benzene rings is 2. The lowest BCUT2D eigenvalue weighted by molar-refractivity contribution is -0.117. The molecule has 0 bridgehead atoms. The summed E-state index contributed by atoms with van der Waals surface area (Å²) in [5.41, 5.74) is 10.2. The summed E-state index contributed by atoms with van der Waals surface area (Å²) in [6.07, 6.45) is 1.94. The third-order valence-electron chi connectivity index (χ3n) is 7.95. The predicted octanol–water partition coefficient (Wildman–Crippen LogP) is 7.26. The van der Waals surface area contributed by atoms with Crippen molar-refractivity contribution in [1.82, 2.24) is 15.1 Å². The number of aryl methyl sites for hydroxylation is 4. The third kappa shape index (κ3) is 5.79. The Morgan fingerprint density at radius 1 is 1.07 bits per heavy atom. The van der Waals surface area contributed by atoms with Gasteiger partial charge in [0, 0.05) is 42.2 Å². The van der Waals surface area contributed by atoms with Crippen LogP contribution in [0.15, 0.2) is 52.5 Å². The molecule has 8 heteroatoms. The number of carbonyl (C=O) groups excluding carboxylic acids is 2. The van der Waals surface area contributed by atoms with Gasteiger partial charge >= 0.3 is 0 Å². The first kappa shape index (κ1) is 29.4. The molecule has 0 radical (unpaired) electrons. The minimum absolute atomic E-state index is 0.141. The minimum atomic E-state index is -0.150. The van der Waals surface area contributed by atoms with Crippen LogP contribution in [0.4, 0.5) is 0 Å². The van der Waals surface area contributed by atoms with Gasteiger partial charge in [-0.25, -0.2) is 0 Å². The van der Waals surface area contributed by atoms with Gasteiger partial charge in [-0.1, -0.05) is 29.8 Å². The lowest BCUT2D eigenvalue weighted by atomic mass is 9.93. The van der Waals surface area contributed by atoms with Gasteiger partial charge in [0.1, 0.15) is 11.5 Å². The molecule has 2 aromatic heterocycles. The fourth-order valence-corrected chi connectivity index (χ4v) is 5.88. The van der Waals surface area contributed by atoms with Crippen LogP contribution in [-0.2, 0) is 24.8 Å². The standard InChI is InChI=1S/C34H36ClN3O4/c1-19-15-25(16-20(2)33(19)35)41-14-8-11-27-26-9-7-10-28(32-21(3)37-38(6)22(32)4)29(26)17-30(27)34(40)36-18-24-12-13-31(42-24)23(5)39/h7,9-10,12-13,15-16H,8,11,14,17-18H2,1-6H3,(H,36,40). The van der Waals surface area contributed by atoms with Gasteiger partial charge in [-0.3, -0.25) is 14.3 Å². The van der Waals surface area contributed by atoms with E-state index >= 15 is 0 Å². The maximum absolute atomic E-state index is 13.6. The van der Waals surface area contributed by atoms with E-state index in [1.165, 1.54) is 6.92 Å². The van der Waals surface area contributed by atoms with Crippen LogP contribution in [-0.4, -0.2) is 28.1 Å². The number of nitrogens with zero attached hydrogens (tertiary/aromatic N) is 2. The molecule has 1 aliphatic rings. The Kier molecular flexibility index (Phi) is 8.41. The summed E-state index contributed by atoms with van der Waals surface area (Å²) in [4.78, 5) is 25.3. The lowest BCUT2D eigenvalue weighted by Crippen LogP contribution is -2.25. The van der Waals surface area contributed by atoms with Crippen LogP contribution in [0.1, 0.15) is 69.7 Å². The van der Waals surface area contributed by atoms with Crippen LogP contribution in [0.2, 0.25) is 5.02 Å². The van der Waals surface area contributed by atoms with Crippen LogP contribution >= 0.6 is 11.6 Å². The maximum Gasteiger partial charge on any atom is 0.248 e. The minimum Gasteiger partial charge on any atom is -0.494 e. The summed E-state index contributed by atoms with van der Waals surface area (Å²) < 4.78 is 13.6. The Morgan fingerprint density at radius 3 is 2.43 bits per heavy atom. The van der Waals surface area contributed by atoms with E-state index < -0.39 is 0 Å². The molecule has 4 aromatic rings. The molecular formula is C34H36ClN3O4. The number of rotatable bonds is 10. The molecule has 0 saturated heterocycles. The molecule has 1 aliphatic carbocycles. The van der Waals surface area contributed by atoms with Crippen LogP contribution in [0.3, 0.4) is 0 Å². The number of carbonyl (C=O) groups is 2. The Bertz CT molecular complexity index is 1700. The molecule has 0 unspecified atom stereocenters.